The Labute approximate surface area is 128 Å². The van der Waals surface area contributed by atoms with Gasteiger partial charge in [-0.1, -0.05) is 13.8 Å². The summed E-state index contributed by atoms with van der Waals surface area (Å²) >= 11 is 0. The van der Waals surface area contributed by atoms with E-state index in [9.17, 15) is 0 Å². The van der Waals surface area contributed by atoms with Gasteiger partial charge in [-0.2, -0.15) is 0 Å². The maximum Gasteiger partial charge on any atom is 0.203 e. The molecule has 0 spiro atoms. The van der Waals surface area contributed by atoms with E-state index in [1.165, 1.54) is 0 Å². The van der Waals surface area contributed by atoms with Crippen LogP contribution in [0.15, 0.2) is 12.4 Å². The van der Waals surface area contributed by atoms with E-state index in [-0.39, 0.29) is 5.60 Å². The van der Waals surface area contributed by atoms with Crippen molar-refractivity contribution < 1.29 is 9.47 Å². The van der Waals surface area contributed by atoms with Gasteiger partial charge in [0.1, 0.15) is 0 Å². The van der Waals surface area contributed by atoms with Crippen LogP contribution in [0, 0.1) is 0 Å². The molecule has 1 aromatic heterocycles. The topological polar surface area (TPSA) is 48.3 Å². The van der Waals surface area contributed by atoms with Crippen molar-refractivity contribution in [3.8, 4) is 0 Å². The Bertz CT molecular complexity index is 415. The van der Waals surface area contributed by atoms with Gasteiger partial charge in [0.2, 0.25) is 5.95 Å². The van der Waals surface area contributed by atoms with Crippen LogP contribution in [0.3, 0.4) is 0 Å². The summed E-state index contributed by atoms with van der Waals surface area (Å²) in [6, 6.07) is 0.478. The summed E-state index contributed by atoms with van der Waals surface area (Å²) in [5, 5.41) is 3.42. The number of aromatic nitrogens is 2. The van der Waals surface area contributed by atoms with Crippen molar-refractivity contribution in [2.75, 3.05) is 32.2 Å². The molecular formula is C16H29N3O2. The number of ether oxygens (including phenoxy) is 2. The van der Waals surface area contributed by atoms with E-state index < -0.39 is 0 Å². The van der Waals surface area contributed by atoms with E-state index in [2.05, 4.69) is 34.9 Å². The fourth-order valence-electron chi connectivity index (χ4n) is 3.14. The van der Waals surface area contributed by atoms with Gasteiger partial charge in [0.15, 0.2) is 0 Å². The van der Waals surface area contributed by atoms with Crippen LogP contribution in [0.2, 0.25) is 0 Å². The number of hydrogen-bond acceptors (Lipinski definition) is 4. The van der Waals surface area contributed by atoms with Gasteiger partial charge >= 0.3 is 0 Å². The number of imidazole rings is 1. The Morgan fingerprint density at radius 2 is 2.29 bits per heavy atom. The van der Waals surface area contributed by atoms with Crippen LogP contribution in [0.4, 0.5) is 5.95 Å². The standard InChI is InChI=1S/C16H29N3O2/c1-4-16(5-2)13-14(7-12-21-16)19-10-9-18-15(19)17-8-6-11-20-3/h9-10,14H,4-8,11-13H2,1-3H3,(H,17,18). The molecule has 5 heteroatoms. The third-order valence-corrected chi connectivity index (χ3v) is 4.63. The lowest BCUT2D eigenvalue weighted by Gasteiger charge is -2.40. The first-order valence-corrected chi connectivity index (χ1v) is 8.14. The van der Waals surface area contributed by atoms with E-state index in [0.717, 1.165) is 57.8 Å². The predicted molar refractivity (Wildman–Crippen MR) is 84.7 cm³/mol. The number of nitrogens with one attached hydrogen (secondary N) is 1. The van der Waals surface area contributed by atoms with Gasteiger partial charge in [0.05, 0.1) is 5.60 Å². The summed E-state index contributed by atoms with van der Waals surface area (Å²) in [6.07, 6.45) is 9.24. The Morgan fingerprint density at radius 3 is 3.00 bits per heavy atom. The molecule has 1 saturated heterocycles. The second kappa shape index (κ2) is 7.80. The molecule has 0 bridgehead atoms. The summed E-state index contributed by atoms with van der Waals surface area (Å²) in [4.78, 5) is 4.46. The zero-order valence-corrected chi connectivity index (χ0v) is 13.6. The van der Waals surface area contributed by atoms with E-state index in [1.807, 2.05) is 6.20 Å². The molecule has 0 saturated carbocycles. The molecule has 1 aromatic rings. The highest BCUT2D eigenvalue weighted by molar-refractivity contribution is 5.26. The molecule has 1 N–H and O–H groups in total. The molecule has 21 heavy (non-hydrogen) atoms. The summed E-state index contributed by atoms with van der Waals surface area (Å²) in [6.45, 7) is 6.96. The Hall–Kier alpha value is -1.07. The fraction of sp³-hybridized carbons (Fsp3) is 0.812. The maximum atomic E-state index is 6.07. The molecule has 1 aliphatic heterocycles. The number of rotatable bonds is 8. The smallest absolute Gasteiger partial charge is 0.203 e. The highest BCUT2D eigenvalue weighted by Gasteiger charge is 2.35. The maximum absolute atomic E-state index is 6.07. The van der Waals surface area contributed by atoms with Gasteiger partial charge < -0.3 is 19.4 Å². The predicted octanol–water partition coefficient (Wildman–Crippen LogP) is 3.24. The summed E-state index contributed by atoms with van der Waals surface area (Å²) < 4.78 is 13.4. The Kier molecular flexibility index (Phi) is 6.06. The van der Waals surface area contributed by atoms with Crippen LogP contribution in [-0.2, 0) is 9.47 Å². The van der Waals surface area contributed by atoms with E-state index in [0.29, 0.717) is 6.04 Å². The first kappa shape index (κ1) is 16.3. The van der Waals surface area contributed by atoms with Gasteiger partial charge in [-0.3, -0.25) is 0 Å². The van der Waals surface area contributed by atoms with Crippen molar-refractivity contribution in [2.45, 2.75) is 57.6 Å². The van der Waals surface area contributed by atoms with Gasteiger partial charge in [-0.05, 0) is 32.1 Å². The number of hydrogen-bond donors (Lipinski definition) is 1. The largest absolute Gasteiger partial charge is 0.385 e. The van der Waals surface area contributed by atoms with E-state index in [4.69, 9.17) is 9.47 Å². The van der Waals surface area contributed by atoms with Gasteiger partial charge in [0.25, 0.3) is 0 Å². The lowest BCUT2D eigenvalue weighted by atomic mass is 9.86. The second-order valence-corrected chi connectivity index (χ2v) is 5.82. The van der Waals surface area contributed by atoms with Gasteiger partial charge in [0, 0.05) is 45.3 Å². The molecule has 1 aliphatic rings. The molecule has 1 atom stereocenters. The van der Waals surface area contributed by atoms with Crippen LogP contribution in [0.5, 0.6) is 0 Å². The molecule has 0 aromatic carbocycles. The third-order valence-electron chi connectivity index (χ3n) is 4.63. The van der Waals surface area contributed by atoms with E-state index >= 15 is 0 Å². The fourth-order valence-corrected chi connectivity index (χ4v) is 3.14. The average molecular weight is 295 g/mol. The molecule has 0 aliphatic carbocycles. The van der Waals surface area contributed by atoms with Gasteiger partial charge in [-0.25, -0.2) is 4.98 Å². The van der Waals surface area contributed by atoms with Crippen molar-refractivity contribution in [2.24, 2.45) is 0 Å². The minimum atomic E-state index is 0.0422. The number of methoxy groups -OCH3 is 1. The first-order chi connectivity index (χ1) is 10.2. The second-order valence-electron chi connectivity index (χ2n) is 5.82. The van der Waals surface area contributed by atoms with Crippen LogP contribution in [0.1, 0.15) is 52.0 Å². The SMILES string of the molecule is CCC1(CC)CC(n2ccnc2NCCCOC)CCO1. The van der Waals surface area contributed by atoms with Crippen molar-refractivity contribution in [3.05, 3.63) is 12.4 Å². The molecular weight excluding hydrogens is 266 g/mol. The normalized spacial score (nSPS) is 21.4. The Morgan fingerprint density at radius 1 is 1.48 bits per heavy atom. The van der Waals surface area contributed by atoms with Gasteiger partial charge in [-0.15, -0.1) is 0 Å². The molecule has 120 valence electrons. The minimum absolute atomic E-state index is 0.0422. The summed E-state index contributed by atoms with van der Waals surface area (Å²) in [5.41, 5.74) is 0.0422. The Balaban J connectivity index is 1.99. The summed E-state index contributed by atoms with van der Waals surface area (Å²) in [5.74, 6) is 0.971. The van der Waals surface area contributed by atoms with Crippen molar-refractivity contribution >= 4 is 5.95 Å². The van der Waals surface area contributed by atoms with E-state index in [1.54, 1.807) is 7.11 Å². The molecule has 0 amide bonds. The van der Waals surface area contributed by atoms with Crippen LogP contribution >= 0.6 is 0 Å². The van der Waals surface area contributed by atoms with Crippen LogP contribution < -0.4 is 5.32 Å². The average Bonchev–Trinajstić information content (AvgIpc) is 3.00. The molecule has 2 heterocycles. The summed E-state index contributed by atoms with van der Waals surface area (Å²) in [7, 11) is 1.73. The van der Waals surface area contributed by atoms with Crippen LogP contribution in [-0.4, -0.2) is 42.0 Å². The number of anilines is 1. The molecule has 1 unspecified atom stereocenters. The molecule has 5 nitrogen and oxygen atoms in total. The zero-order valence-electron chi connectivity index (χ0n) is 13.6. The zero-order chi connectivity index (χ0) is 15.1. The first-order valence-electron chi connectivity index (χ1n) is 8.14. The lowest BCUT2D eigenvalue weighted by Crippen LogP contribution is -2.39. The van der Waals surface area contributed by atoms with Crippen molar-refractivity contribution in [3.63, 3.8) is 0 Å². The molecule has 1 fully saturated rings. The minimum Gasteiger partial charge on any atom is -0.385 e. The van der Waals surface area contributed by atoms with Crippen molar-refractivity contribution in [1.29, 1.82) is 0 Å². The highest BCUT2D eigenvalue weighted by atomic mass is 16.5. The highest BCUT2D eigenvalue weighted by Crippen LogP contribution is 2.38. The van der Waals surface area contributed by atoms with Crippen molar-refractivity contribution in [1.82, 2.24) is 9.55 Å². The molecule has 0 radical (unpaired) electrons. The monoisotopic (exact) mass is 295 g/mol. The quantitative estimate of drug-likeness (QED) is 0.748. The lowest BCUT2D eigenvalue weighted by molar-refractivity contribution is -0.0984. The number of nitrogens with zero attached hydrogens (tertiary/aromatic N) is 2. The molecule has 2 rings (SSSR count). The third kappa shape index (κ3) is 3.98. The van der Waals surface area contributed by atoms with Crippen LogP contribution in [0.25, 0.3) is 0 Å².